The van der Waals surface area contributed by atoms with E-state index in [2.05, 4.69) is 206 Å². The van der Waals surface area contributed by atoms with Crippen LogP contribution in [0.25, 0.3) is 38.8 Å². The van der Waals surface area contributed by atoms with Gasteiger partial charge in [0.05, 0.1) is 7.05 Å². The van der Waals surface area contributed by atoms with Gasteiger partial charge in [0.1, 0.15) is 25.3 Å². The minimum Gasteiger partial charge on any atom is -0.319 e. The second-order valence-electron chi connectivity index (χ2n) is 15.0. The second kappa shape index (κ2) is 15.4. The van der Waals surface area contributed by atoms with Crippen LogP contribution in [0.2, 0.25) is 0 Å². The first kappa shape index (κ1) is 37.5. The van der Waals surface area contributed by atoms with Crippen molar-refractivity contribution in [2.24, 2.45) is 0 Å². The van der Waals surface area contributed by atoms with Crippen LogP contribution >= 0.6 is 0 Å². The Bertz CT molecular complexity index is 2870. The molecular formula is C51H41N4OPtSi-. The van der Waals surface area contributed by atoms with Crippen LogP contribution in [-0.4, -0.2) is 29.6 Å². The first-order chi connectivity index (χ1) is 28.0. The zero-order valence-electron chi connectivity index (χ0n) is 32.5. The molecule has 0 amide bonds. The monoisotopic (exact) mass is 948 g/mol. The van der Waals surface area contributed by atoms with Gasteiger partial charge in [-0.15, -0.1) is 21.6 Å². The number of pyridine rings is 1. The normalized spacial score (nSPS) is 12.6. The van der Waals surface area contributed by atoms with Crippen molar-refractivity contribution in [2.45, 2.75) is 19.8 Å². The summed E-state index contributed by atoms with van der Waals surface area (Å²) in [5.41, 5.74) is 8.78. The molecular weight excluding hydrogens is 908 g/mol. The first-order valence-corrected chi connectivity index (χ1v) is 21.5. The summed E-state index contributed by atoms with van der Waals surface area (Å²) in [5.74, 6) is 1.26. The van der Waals surface area contributed by atoms with Crippen LogP contribution < -0.4 is 30.9 Å². The Kier molecular flexibility index (Phi) is 9.95. The molecule has 0 aliphatic carbocycles. The Hall–Kier alpha value is -6.04. The summed E-state index contributed by atoms with van der Waals surface area (Å²) in [4.78, 5) is 10.0. The fraction of sp³-hybridized carbons (Fsp3) is 0.0784. The molecule has 0 fully saturated rings. The van der Waals surface area contributed by atoms with Crippen LogP contribution in [0.5, 0.6) is 0 Å². The van der Waals surface area contributed by atoms with E-state index >= 15 is 0 Å². The number of rotatable bonds is 8. The molecule has 58 heavy (non-hydrogen) atoms. The van der Waals surface area contributed by atoms with Crippen molar-refractivity contribution in [3.8, 4) is 16.9 Å². The Morgan fingerprint density at radius 2 is 1.26 bits per heavy atom. The molecule has 7 aromatic carbocycles. The number of hydrogen-bond acceptors (Lipinski definition) is 3. The van der Waals surface area contributed by atoms with Gasteiger partial charge in [0, 0.05) is 38.5 Å². The fourth-order valence-corrected chi connectivity index (χ4v) is 13.3. The molecule has 9 aromatic rings. The van der Waals surface area contributed by atoms with Crippen molar-refractivity contribution in [1.29, 1.82) is 0 Å². The third kappa shape index (κ3) is 6.11. The van der Waals surface area contributed by atoms with Crippen molar-refractivity contribution in [3.05, 3.63) is 200 Å². The van der Waals surface area contributed by atoms with Crippen LogP contribution in [0.3, 0.4) is 0 Å². The zero-order valence-corrected chi connectivity index (χ0v) is 35.7. The summed E-state index contributed by atoms with van der Waals surface area (Å²) in [5, 5.41) is 11.0. The van der Waals surface area contributed by atoms with Crippen molar-refractivity contribution >= 4 is 67.7 Å². The molecule has 0 bridgehead atoms. The summed E-state index contributed by atoms with van der Waals surface area (Å²) in [6, 6.07) is 71.3. The second-order valence-corrected chi connectivity index (χ2v) is 18.7. The van der Waals surface area contributed by atoms with E-state index in [4.69, 9.17) is 9.92 Å². The van der Waals surface area contributed by atoms with E-state index in [1.54, 1.807) is 0 Å². The van der Waals surface area contributed by atoms with E-state index in [0.717, 1.165) is 55.2 Å². The number of benzene rings is 7. The third-order valence-corrected chi connectivity index (χ3v) is 16.0. The van der Waals surface area contributed by atoms with E-state index in [9.17, 15) is 0 Å². The van der Waals surface area contributed by atoms with Gasteiger partial charge in [0.2, 0.25) is 0 Å². The number of para-hydroxylation sites is 3. The fourth-order valence-electron chi connectivity index (χ4n) is 8.76. The standard InChI is InChI=1S/C51H40N4OSi.Pt/c1-36(2)43-23-10-11-24-44(43)37-31-32-52-51(33-37)54-47-26-13-12-25-45(47)46-30-29-42(35-50(46)54)57(39-18-6-4-7-19-39,40-20-8-5-9-21-40)41-22-16-17-38(34-41)55-49-28-15-14-27-48(49)53(3)56-55;/h4-33,36H,1-3H3;/q-2;/p+1. The summed E-state index contributed by atoms with van der Waals surface area (Å²) < 4.78 is 2.31. The zero-order chi connectivity index (χ0) is 38.5. The van der Waals surface area contributed by atoms with Gasteiger partial charge >= 0.3 is 0 Å². The Balaban J connectivity index is 0.00000436. The van der Waals surface area contributed by atoms with E-state index in [0.29, 0.717) is 5.92 Å². The molecule has 0 saturated heterocycles. The van der Waals surface area contributed by atoms with Gasteiger partial charge < -0.3 is 4.57 Å². The number of aromatic nitrogens is 2. The number of hydrogen-bond donors (Lipinski definition) is 0. The maximum Gasteiger partial charge on any atom is 0.145 e. The molecule has 2 aromatic heterocycles. The SMILES string of the molecule is CC(C)c1ccccc1-c1ccnc(-n2c3[c-]c([Si](c4[c-]c(N5[OH+]N(C)c6ccccc65)ccc4)(c4ccccc4)c4ccccc4)ccc3c3ccccc32)c1.[Pt]. The third-order valence-electron chi connectivity index (χ3n) is 11.4. The quantitative estimate of drug-likeness (QED) is 0.0660. The number of fused-ring (bicyclic) bond motifs is 4. The van der Waals surface area contributed by atoms with Crippen LogP contribution in [0.4, 0.5) is 17.1 Å². The van der Waals surface area contributed by atoms with E-state index in [1.165, 1.54) is 26.9 Å². The van der Waals surface area contributed by atoms with Gasteiger partial charge in [-0.2, -0.15) is 51.7 Å². The Morgan fingerprint density at radius 3 is 2.02 bits per heavy atom. The first-order valence-electron chi connectivity index (χ1n) is 19.5. The number of nitrogens with zero attached hydrogens (tertiary/aromatic N) is 4. The predicted octanol–water partition coefficient (Wildman–Crippen LogP) is 9.37. The molecule has 3 heterocycles. The number of anilines is 3. The molecule has 0 spiro atoms. The smallest absolute Gasteiger partial charge is 0.145 e. The van der Waals surface area contributed by atoms with Gasteiger partial charge in [-0.1, -0.05) is 135 Å². The molecule has 10 rings (SSSR count). The maximum absolute atomic E-state index is 5.06. The largest absolute Gasteiger partial charge is 0.319 e. The van der Waals surface area contributed by atoms with E-state index in [-0.39, 0.29) is 21.1 Å². The topological polar surface area (TPSA) is 37.1 Å². The van der Waals surface area contributed by atoms with Crippen molar-refractivity contribution in [3.63, 3.8) is 0 Å². The predicted molar refractivity (Wildman–Crippen MR) is 238 cm³/mol. The molecule has 7 heteroatoms. The molecule has 1 aliphatic heterocycles. The summed E-state index contributed by atoms with van der Waals surface area (Å²) >= 11 is 0. The molecule has 286 valence electrons. The summed E-state index contributed by atoms with van der Waals surface area (Å²) in [7, 11) is -1.10. The van der Waals surface area contributed by atoms with Gasteiger partial charge in [-0.05, 0) is 68.7 Å². The molecule has 5 nitrogen and oxygen atoms in total. The van der Waals surface area contributed by atoms with Crippen LogP contribution in [0.15, 0.2) is 182 Å². The summed E-state index contributed by atoms with van der Waals surface area (Å²) in [6.45, 7) is 4.51. The molecule has 0 saturated carbocycles. The van der Waals surface area contributed by atoms with Crippen molar-refractivity contribution < 1.29 is 26.0 Å². The molecule has 0 radical (unpaired) electrons. The average molecular weight is 949 g/mol. The molecule has 0 atom stereocenters. The Labute approximate surface area is 355 Å². The summed E-state index contributed by atoms with van der Waals surface area (Å²) in [6.07, 6.45) is 1.94. The average Bonchev–Trinajstić information content (AvgIpc) is 3.79. The molecule has 0 unspecified atom stereocenters. The van der Waals surface area contributed by atoms with Gasteiger partial charge in [0.25, 0.3) is 0 Å². The van der Waals surface area contributed by atoms with E-state index < -0.39 is 8.07 Å². The van der Waals surface area contributed by atoms with Gasteiger partial charge in [0.15, 0.2) is 0 Å². The van der Waals surface area contributed by atoms with Crippen molar-refractivity contribution in [1.82, 2.24) is 9.55 Å². The van der Waals surface area contributed by atoms with Gasteiger partial charge in [-0.25, -0.2) is 4.98 Å². The van der Waals surface area contributed by atoms with Crippen LogP contribution in [-0.2, 0) is 21.1 Å². The minimum absolute atomic E-state index is 0. The van der Waals surface area contributed by atoms with Gasteiger partial charge in [-0.3, -0.25) is 0 Å². The number of hydroxylamine groups is 1. The maximum atomic E-state index is 5.06. The molecule has 1 aliphatic rings. The van der Waals surface area contributed by atoms with E-state index in [1.807, 2.05) is 23.4 Å². The van der Waals surface area contributed by atoms with Crippen LogP contribution in [0.1, 0.15) is 25.3 Å². The van der Waals surface area contributed by atoms with Crippen LogP contribution in [0, 0.1) is 12.1 Å². The Morgan fingerprint density at radius 1 is 0.603 bits per heavy atom. The molecule has 1 N–H and O–H groups in total. The minimum atomic E-state index is -3.09. The van der Waals surface area contributed by atoms with Crippen molar-refractivity contribution in [2.75, 3.05) is 17.2 Å².